The molecular weight excluding hydrogens is 230 g/mol. The van der Waals surface area contributed by atoms with Crippen LogP contribution in [0, 0.1) is 0 Å². The minimum Gasteiger partial charge on any atom is -0.772 e. The average Bonchev–Trinajstić information content (AvgIpc) is 2.15. The standard InChI is InChI=1S/C10H19NO4S/c1-10(2,3)15-9(12)11-6-4-5-8(7-11)16(13)14/h8H,4-7H2,1-3H3,(H,13,14)/p-1. The summed E-state index contributed by atoms with van der Waals surface area (Å²) < 4.78 is 26.8. The maximum absolute atomic E-state index is 11.7. The number of likely N-dealkylation sites (tertiary alicyclic amines) is 1. The Morgan fingerprint density at radius 1 is 1.50 bits per heavy atom. The van der Waals surface area contributed by atoms with Crippen LogP contribution < -0.4 is 0 Å². The third-order valence-corrected chi connectivity index (χ3v) is 3.23. The van der Waals surface area contributed by atoms with Gasteiger partial charge in [-0.1, -0.05) is 11.1 Å². The summed E-state index contributed by atoms with van der Waals surface area (Å²) in [6.07, 6.45) is 0.899. The van der Waals surface area contributed by atoms with Crippen LogP contribution in [-0.4, -0.2) is 43.7 Å². The maximum atomic E-state index is 11.7. The van der Waals surface area contributed by atoms with Crippen molar-refractivity contribution in [2.24, 2.45) is 0 Å². The first-order valence-electron chi connectivity index (χ1n) is 5.35. The fraction of sp³-hybridized carbons (Fsp3) is 0.900. The minimum atomic E-state index is -2.11. The van der Waals surface area contributed by atoms with Gasteiger partial charge in [0.05, 0.1) is 0 Å². The highest BCUT2D eigenvalue weighted by Gasteiger charge is 2.27. The Labute approximate surface area is 98.4 Å². The highest BCUT2D eigenvalue weighted by Crippen LogP contribution is 2.17. The number of hydrogen-bond donors (Lipinski definition) is 0. The summed E-state index contributed by atoms with van der Waals surface area (Å²) in [6, 6.07) is 0. The van der Waals surface area contributed by atoms with Gasteiger partial charge in [0.25, 0.3) is 0 Å². The lowest BCUT2D eigenvalue weighted by Crippen LogP contribution is -2.45. The van der Waals surface area contributed by atoms with Gasteiger partial charge in [0.15, 0.2) is 0 Å². The third kappa shape index (κ3) is 4.09. The Kier molecular flexibility index (Phi) is 4.32. The van der Waals surface area contributed by atoms with Gasteiger partial charge in [0, 0.05) is 18.3 Å². The smallest absolute Gasteiger partial charge is 0.410 e. The van der Waals surface area contributed by atoms with Crippen molar-refractivity contribution in [3.63, 3.8) is 0 Å². The molecule has 1 heterocycles. The number of piperidine rings is 1. The van der Waals surface area contributed by atoms with Crippen molar-refractivity contribution in [1.29, 1.82) is 0 Å². The lowest BCUT2D eigenvalue weighted by molar-refractivity contribution is 0.0218. The second kappa shape index (κ2) is 5.14. The van der Waals surface area contributed by atoms with E-state index in [1.807, 2.05) is 0 Å². The van der Waals surface area contributed by atoms with Crippen molar-refractivity contribution in [3.8, 4) is 0 Å². The number of carbonyl (C=O) groups excluding carboxylic acids is 1. The van der Waals surface area contributed by atoms with Gasteiger partial charge in [0.2, 0.25) is 0 Å². The molecule has 1 aliphatic rings. The highest BCUT2D eigenvalue weighted by atomic mass is 32.2. The molecule has 0 aromatic heterocycles. The van der Waals surface area contributed by atoms with E-state index in [-0.39, 0.29) is 6.54 Å². The molecule has 5 nitrogen and oxygen atoms in total. The third-order valence-electron chi connectivity index (χ3n) is 2.30. The summed E-state index contributed by atoms with van der Waals surface area (Å²) >= 11 is -2.11. The van der Waals surface area contributed by atoms with Gasteiger partial charge < -0.3 is 14.2 Å². The van der Waals surface area contributed by atoms with Crippen molar-refractivity contribution >= 4 is 17.2 Å². The molecule has 0 saturated carbocycles. The zero-order chi connectivity index (χ0) is 12.3. The van der Waals surface area contributed by atoms with Gasteiger partial charge >= 0.3 is 6.09 Å². The summed E-state index contributed by atoms with van der Waals surface area (Å²) in [7, 11) is 0. The Hall–Kier alpha value is -0.620. The molecule has 1 amide bonds. The minimum absolute atomic E-state index is 0.241. The van der Waals surface area contributed by atoms with Crippen LogP contribution >= 0.6 is 0 Å². The lowest BCUT2D eigenvalue weighted by atomic mass is 10.1. The Bertz CT molecular complexity index is 287. The zero-order valence-electron chi connectivity index (χ0n) is 9.89. The van der Waals surface area contributed by atoms with Crippen LogP contribution in [0.2, 0.25) is 0 Å². The monoisotopic (exact) mass is 248 g/mol. The van der Waals surface area contributed by atoms with Gasteiger partial charge in [-0.3, -0.25) is 4.21 Å². The molecule has 94 valence electrons. The Morgan fingerprint density at radius 2 is 2.12 bits per heavy atom. The van der Waals surface area contributed by atoms with Crippen molar-refractivity contribution in [2.45, 2.75) is 44.5 Å². The zero-order valence-corrected chi connectivity index (χ0v) is 10.7. The van der Waals surface area contributed by atoms with E-state index in [4.69, 9.17) is 4.74 Å². The van der Waals surface area contributed by atoms with E-state index < -0.39 is 28.0 Å². The van der Waals surface area contributed by atoms with Crippen LogP contribution in [-0.2, 0) is 15.8 Å². The van der Waals surface area contributed by atoms with Gasteiger partial charge in [-0.2, -0.15) is 0 Å². The van der Waals surface area contributed by atoms with E-state index in [0.717, 1.165) is 0 Å². The van der Waals surface area contributed by atoms with Crippen molar-refractivity contribution in [1.82, 2.24) is 4.90 Å². The predicted octanol–water partition coefficient (Wildman–Crippen LogP) is 1.27. The molecule has 2 unspecified atom stereocenters. The number of rotatable bonds is 1. The van der Waals surface area contributed by atoms with Gasteiger partial charge in [-0.15, -0.1) is 0 Å². The number of nitrogens with zero attached hydrogens (tertiary/aromatic N) is 1. The number of amides is 1. The molecule has 0 aromatic carbocycles. The first-order valence-corrected chi connectivity index (χ1v) is 6.49. The normalized spacial score (nSPS) is 24.0. The highest BCUT2D eigenvalue weighted by molar-refractivity contribution is 7.79. The van der Waals surface area contributed by atoms with Crippen LogP contribution in [0.1, 0.15) is 33.6 Å². The Balaban J connectivity index is 2.54. The Morgan fingerprint density at radius 3 is 2.62 bits per heavy atom. The van der Waals surface area contributed by atoms with Crippen LogP contribution in [0.5, 0.6) is 0 Å². The molecule has 1 fully saturated rings. The second-order valence-corrected chi connectivity index (χ2v) is 6.14. The van der Waals surface area contributed by atoms with E-state index in [2.05, 4.69) is 0 Å². The first kappa shape index (κ1) is 13.4. The molecule has 6 heteroatoms. The molecule has 0 bridgehead atoms. The predicted molar refractivity (Wildman–Crippen MR) is 59.7 cm³/mol. The van der Waals surface area contributed by atoms with Crippen LogP contribution in [0.25, 0.3) is 0 Å². The van der Waals surface area contributed by atoms with E-state index in [1.165, 1.54) is 4.90 Å². The average molecular weight is 248 g/mol. The number of carbonyl (C=O) groups is 1. The molecule has 2 atom stereocenters. The second-order valence-electron chi connectivity index (χ2n) is 4.95. The molecule has 1 saturated heterocycles. The molecule has 0 aromatic rings. The van der Waals surface area contributed by atoms with Gasteiger partial charge in [-0.25, -0.2) is 4.79 Å². The largest absolute Gasteiger partial charge is 0.772 e. The van der Waals surface area contributed by atoms with Crippen molar-refractivity contribution in [2.75, 3.05) is 13.1 Å². The van der Waals surface area contributed by atoms with E-state index >= 15 is 0 Å². The van der Waals surface area contributed by atoms with Crippen LogP contribution in [0.4, 0.5) is 4.79 Å². The molecule has 1 rings (SSSR count). The molecule has 0 radical (unpaired) electrons. The fourth-order valence-corrected chi connectivity index (χ4v) is 2.25. The first-order chi connectivity index (χ1) is 7.29. The summed E-state index contributed by atoms with van der Waals surface area (Å²) in [5, 5.41) is -0.457. The molecule has 0 N–H and O–H groups in total. The van der Waals surface area contributed by atoms with Gasteiger partial charge in [-0.05, 0) is 33.6 Å². The number of hydrogen-bond acceptors (Lipinski definition) is 4. The maximum Gasteiger partial charge on any atom is 0.410 e. The van der Waals surface area contributed by atoms with Crippen molar-refractivity contribution in [3.05, 3.63) is 0 Å². The molecule has 0 spiro atoms. The topological polar surface area (TPSA) is 69.7 Å². The molecule has 1 aliphatic heterocycles. The van der Waals surface area contributed by atoms with Crippen LogP contribution in [0.15, 0.2) is 0 Å². The quantitative estimate of drug-likeness (QED) is 0.655. The molecular formula is C10H18NO4S-. The number of ether oxygens (including phenoxy) is 1. The lowest BCUT2D eigenvalue weighted by Gasteiger charge is -2.34. The van der Waals surface area contributed by atoms with Crippen molar-refractivity contribution < 1.29 is 18.3 Å². The summed E-state index contributed by atoms with van der Waals surface area (Å²) in [5.41, 5.74) is -0.541. The van der Waals surface area contributed by atoms with Gasteiger partial charge in [0.1, 0.15) is 5.60 Å². The summed E-state index contributed by atoms with van der Waals surface area (Å²) in [5.74, 6) is 0. The summed E-state index contributed by atoms with van der Waals surface area (Å²) in [6.45, 7) is 6.18. The van der Waals surface area contributed by atoms with E-state index in [1.54, 1.807) is 20.8 Å². The molecule has 16 heavy (non-hydrogen) atoms. The fourth-order valence-electron chi connectivity index (χ4n) is 1.59. The SMILES string of the molecule is CC(C)(C)OC(=O)N1CCCC(S(=O)[O-])C1. The van der Waals surface area contributed by atoms with E-state index in [9.17, 15) is 13.6 Å². The van der Waals surface area contributed by atoms with Crippen LogP contribution in [0.3, 0.4) is 0 Å². The van der Waals surface area contributed by atoms with E-state index in [0.29, 0.717) is 19.4 Å². The molecule has 0 aliphatic carbocycles. The summed E-state index contributed by atoms with van der Waals surface area (Å²) in [4.78, 5) is 13.2.